The van der Waals surface area contributed by atoms with Gasteiger partial charge in [-0.05, 0) is 47.8 Å². The van der Waals surface area contributed by atoms with Crippen molar-refractivity contribution in [1.29, 1.82) is 0 Å². The fourth-order valence-electron chi connectivity index (χ4n) is 1.89. The maximum absolute atomic E-state index is 5.38. The SMILES string of the molecule is CCNc1nc(-c2ccco2)nc(C2CC2)c1Br. The normalized spacial score (nSPS) is 14.8. The van der Waals surface area contributed by atoms with Crippen molar-refractivity contribution in [3.05, 3.63) is 28.6 Å². The van der Waals surface area contributed by atoms with Gasteiger partial charge in [0.1, 0.15) is 5.82 Å². The van der Waals surface area contributed by atoms with Crippen molar-refractivity contribution < 1.29 is 4.42 Å². The summed E-state index contributed by atoms with van der Waals surface area (Å²) in [6.45, 7) is 2.88. The molecule has 0 unspecified atom stereocenters. The Bertz CT molecular complexity index is 550. The molecule has 2 heterocycles. The second-order valence-electron chi connectivity index (χ2n) is 4.38. The van der Waals surface area contributed by atoms with Gasteiger partial charge in [-0.25, -0.2) is 9.97 Å². The Kier molecular flexibility index (Phi) is 3.07. The van der Waals surface area contributed by atoms with Gasteiger partial charge in [-0.1, -0.05) is 0 Å². The number of furan rings is 1. The van der Waals surface area contributed by atoms with E-state index in [1.807, 2.05) is 12.1 Å². The molecule has 4 nitrogen and oxygen atoms in total. The third kappa shape index (κ3) is 2.14. The topological polar surface area (TPSA) is 51.0 Å². The van der Waals surface area contributed by atoms with Crippen molar-refractivity contribution >= 4 is 21.7 Å². The molecule has 5 heteroatoms. The summed E-state index contributed by atoms with van der Waals surface area (Å²) >= 11 is 3.60. The van der Waals surface area contributed by atoms with E-state index in [4.69, 9.17) is 4.42 Å². The van der Waals surface area contributed by atoms with Crippen LogP contribution in [0.25, 0.3) is 11.6 Å². The first-order valence-corrected chi connectivity index (χ1v) is 6.94. The molecule has 0 bridgehead atoms. The summed E-state index contributed by atoms with van der Waals surface area (Å²) in [6, 6.07) is 3.74. The summed E-state index contributed by atoms with van der Waals surface area (Å²) in [4.78, 5) is 9.14. The standard InChI is InChI=1S/C13H14BrN3O/c1-2-15-13-10(14)11(8-5-6-8)16-12(17-13)9-4-3-7-18-9/h3-4,7-8H,2,5-6H2,1H3,(H,15,16,17). The predicted octanol–water partition coefficient (Wildman–Crippen LogP) is 3.81. The maximum Gasteiger partial charge on any atom is 0.197 e. The van der Waals surface area contributed by atoms with Gasteiger partial charge in [0.15, 0.2) is 11.6 Å². The summed E-state index contributed by atoms with van der Waals surface area (Å²) in [6.07, 6.45) is 4.06. The minimum atomic E-state index is 0.563. The van der Waals surface area contributed by atoms with Crippen LogP contribution < -0.4 is 5.32 Å². The maximum atomic E-state index is 5.38. The highest BCUT2D eigenvalue weighted by Crippen LogP contribution is 2.44. The van der Waals surface area contributed by atoms with Crippen molar-refractivity contribution in [2.45, 2.75) is 25.7 Å². The number of aromatic nitrogens is 2. The molecular formula is C13H14BrN3O. The lowest BCUT2D eigenvalue weighted by atomic mass is 10.2. The molecule has 1 aliphatic carbocycles. The lowest BCUT2D eigenvalue weighted by molar-refractivity contribution is 0.576. The van der Waals surface area contributed by atoms with Crippen molar-refractivity contribution in [2.24, 2.45) is 0 Å². The number of halogens is 1. The van der Waals surface area contributed by atoms with Crippen LogP contribution in [0.15, 0.2) is 27.3 Å². The molecule has 2 aromatic heterocycles. The Hall–Kier alpha value is -1.36. The highest BCUT2D eigenvalue weighted by atomic mass is 79.9. The van der Waals surface area contributed by atoms with Gasteiger partial charge in [0.2, 0.25) is 0 Å². The van der Waals surface area contributed by atoms with Gasteiger partial charge in [0.05, 0.1) is 16.4 Å². The monoisotopic (exact) mass is 307 g/mol. The fourth-order valence-corrected chi connectivity index (χ4v) is 2.53. The molecule has 0 aliphatic heterocycles. The van der Waals surface area contributed by atoms with E-state index in [2.05, 4.69) is 38.1 Å². The summed E-state index contributed by atoms with van der Waals surface area (Å²) in [5.74, 6) is 2.78. The summed E-state index contributed by atoms with van der Waals surface area (Å²) < 4.78 is 6.37. The number of rotatable bonds is 4. The minimum absolute atomic E-state index is 0.563. The number of hydrogen-bond donors (Lipinski definition) is 1. The smallest absolute Gasteiger partial charge is 0.197 e. The number of nitrogens with zero attached hydrogens (tertiary/aromatic N) is 2. The van der Waals surface area contributed by atoms with Crippen LogP contribution in [0, 0.1) is 0 Å². The Morgan fingerprint density at radius 1 is 1.44 bits per heavy atom. The van der Waals surface area contributed by atoms with Crippen LogP contribution in [-0.4, -0.2) is 16.5 Å². The van der Waals surface area contributed by atoms with E-state index in [0.717, 1.165) is 22.5 Å². The molecular weight excluding hydrogens is 294 g/mol. The molecule has 18 heavy (non-hydrogen) atoms. The molecule has 94 valence electrons. The van der Waals surface area contributed by atoms with E-state index in [0.29, 0.717) is 17.5 Å². The molecule has 0 spiro atoms. The van der Waals surface area contributed by atoms with Gasteiger partial charge >= 0.3 is 0 Å². The lowest BCUT2D eigenvalue weighted by Crippen LogP contribution is -2.05. The Balaban J connectivity index is 2.09. The quantitative estimate of drug-likeness (QED) is 0.933. The van der Waals surface area contributed by atoms with Crippen LogP contribution in [0.5, 0.6) is 0 Å². The van der Waals surface area contributed by atoms with Gasteiger partial charge in [0, 0.05) is 12.5 Å². The van der Waals surface area contributed by atoms with E-state index >= 15 is 0 Å². The molecule has 1 saturated carbocycles. The van der Waals surface area contributed by atoms with Crippen LogP contribution >= 0.6 is 15.9 Å². The van der Waals surface area contributed by atoms with Crippen molar-refractivity contribution in [3.63, 3.8) is 0 Å². The van der Waals surface area contributed by atoms with Crippen molar-refractivity contribution in [2.75, 3.05) is 11.9 Å². The fraction of sp³-hybridized carbons (Fsp3) is 0.385. The Morgan fingerprint density at radius 2 is 2.28 bits per heavy atom. The first-order chi connectivity index (χ1) is 8.79. The largest absolute Gasteiger partial charge is 0.461 e. The van der Waals surface area contributed by atoms with Gasteiger partial charge < -0.3 is 9.73 Å². The molecule has 0 radical (unpaired) electrons. The van der Waals surface area contributed by atoms with Crippen LogP contribution in [0.3, 0.4) is 0 Å². The van der Waals surface area contributed by atoms with Crippen molar-refractivity contribution in [1.82, 2.24) is 9.97 Å². The van der Waals surface area contributed by atoms with Crippen LogP contribution in [0.4, 0.5) is 5.82 Å². The third-order valence-corrected chi connectivity index (χ3v) is 3.71. The molecule has 0 saturated heterocycles. The Labute approximate surface area is 114 Å². The second-order valence-corrected chi connectivity index (χ2v) is 5.17. The average molecular weight is 308 g/mol. The third-order valence-electron chi connectivity index (χ3n) is 2.93. The first-order valence-electron chi connectivity index (χ1n) is 6.14. The lowest BCUT2D eigenvalue weighted by Gasteiger charge is -2.10. The molecule has 1 N–H and O–H groups in total. The zero-order valence-corrected chi connectivity index (χ0v) is 11.7. The molecule has 0 aromatic carbocycles. The van der Waals surface area contributed by atoms with Crippen LogP contribution in [0.2, 0.25) is 0 Å². The zero-order chi connectivity index (χ0) is 12.5. The highest BCUT2D eigenvalue weighted by Gasteiger charge is 2.29. The van der Waals surface area contributed by atoms with Crippen molar-refractivity contribution in [3.8, 4) is 11.6 Å². The second kappa shape index (κ2) is 4.72. The minimum Gasteiger partial charge on any atom is -0.461 e. The molecule has 3 rings (SSSR count). The summed E-state index contributed by atoms with van der Waals surface area (Å²) in [5.41, 5.74) is 1.09. The molecule has 1 fully saturated rings. The summed E-state index contributed by atoms with van der Waals surface area (Å²) in [7, 11) is 0. The number of anilines is 1. The van der Waals surface area contributed by atoms with Crippen LogP contribution in [-0.2, 0) is 0 Å². The van der Waals surface area contributed by atoms with Gasteiger partial charge in [-0.2, -0.15) is 0 Å². The molecule has 0 amide bonds. The highest BCUT2D eigenvalue weighted by molar-refractivity contribution is 9.10. The zero-order valence-electron chi connectivity index (χ0n) is 10.1. The number of nitrogens with one attached hydrogen (secondary N) is 1. The van der Waals surface area contributed by atoms with E-state index in [-0.39, 0.29) is 0 Å². The van der Waals surface area contributed by atoms with E-state index in [1.54, 1.807) is 6.26 Å². The number of hydrogen-bond acceptors (Lipinski definition) is 4. The van der Waals surface area contributed by atoms with Gasteiger partial charge in [-0.3, -0.25) is 0 Å². The molecule has 0 atom stereocenters. The van der Waals surface area contributed by atoms with Crippen LogP contribution in [0.1, 0.15) is 31.4 Å². The van der Waals surface area contributed by atoms with E-state index in [9.17, 15) is 0 Å². The summed E-state index contributed by atoms with van der Waals surface area (Å²) in [5, 5.41) is 3.26. The molecule has 2 aromatic rings. The van der Waals surface area contributed by atoms with Gasteiger partial charge in [-0.15, -0.1) is 0 Å². The predicted molar refractivity (Wildman–Crippen MR) is 73.6 cm³/mol. The van der Waals surface area contributed by atoms with E-state index in [1.165, 1.54) is 12.8 Å². The first kappa shape index (κ1) is 11.7. The Morgan fingerprint density at radius 3 is 2.89 bits per heavy atom. The van der Waals surface area contributed by atoms with Gasteiger partial charge in [0.25, 0.3) is 0 Å². The average Bonchev–Trinajstić information content (AvgIpc) is 3.06. The van der Waals surface area contributed by atoms with E-state index < -0.39 is 0 Å². The molecule has 1 aliphatic rings.